The minimum absolute atomic E-state index is 0.0694. The Morgan fingerprint density at radius 1 is 1.38 bits per heavy atom. The molecule has 1 aromatic carbocycles. The van der Waals surface area contributed by atoms with Crippen molar-refractivity contribution in [1.29, 1.82) is 5.26 Å². The van der Waals surface area contributed by atoms with Gasteiger partial charge in [0.05, 0.1) is 27.8 Å². The van der Waals surface area contributed by atoms with E-state index in [1.165, 1.54) is 6.07 Å². The predicted octanol–water partition coefficient (Wildman–Crippen LogP) is 2.20. The lowest BCUT2D eigenvalue weighted by Gasteiger charge is -2.33. The van der Waals surface area contributed by atoms with Gasteiger partial charge in [-0.25, -0.2) is 8.42 Å². The van der Waals surface area contributed by atoms with Gasteiger partial charge < -0.3 is 4.90 Å². The van der Waals surface area contributed by atoms with Gasteiger partial charge in [0, 0.05) is 13.1 Å². The number of halogens is 3. The van der Waals surface area contributed by atoms with Crippen LogP contribution in [-0.4, -0.2) is 32.5 Å². The van der Waals surface area contributed by atoms with Crippen LogP contribution >= 0.6 is 0 Å². The number of nitrogens with zero attached hydrogens (tertiary/aromatic N) is 2. The SMILES string of the molecule is CC1CN(c2ccc(C(F)(F)F)cc2C#N)CCS1(=O)=O. The molecule has 0 radical (unpaired) electrons. The highest BCUT2D eigenvalue weighted by Crippen LogP contribution is 2.33. The van der Waals surface area contributed by atoms with Crippen molar-refractivity contribution in [1.82, 2.24) is 0 Å². The summed E-state index contributed by atoms with van der Waals surface area (Å²) in [6, 6.07) is 4.68. The Hall–Kier alpha value is -1.75. The zero-order chi connectivity index (χ0) is 15.8. The summed E-state index contributed by atoms with van der Waals surface area (Å²) in [5, 5.41) is 8.43. The molecule has 1 atom stereocenters. The second-order valence-electron chi connectivity index (χ2n) is 4.97. The zero-order valence-electron chi connectivity index (χ0n) is 11.2. The minimum Gasteiger partial charge on any atom is -0.368 e. The van der Waals surface area contributed by atoms with Crippen molar-refractivity contribution in [2.24, 2.45) is 0 Å². The predicted molar refractivity (Wildman–Crippen MR) is 71.6 cm³/mol. The van der Waals surface area contributed by atoms with E-state index < -0.39 is 26.8 Å². The number of anilines is 1. The van der Waals surface area contributed by atoms with Crippen LogP contribution in [0.2, 0.25) is 0 Å². The molecule has 1 aliphatic heterocycles. The van der Waals surface area contributed by atoms with E-state index in [2.05, 4.69) is 0 Å². The molecule has 0 aliphatic carbocycles. The standard InChI is InChI=1S/C13H13F3N2O2S/c1-9-8-18(4-5-21(9,19)20)12-3-2-11(13(14,15)16)6-10(12)7-17/h2-3,6,9H,4-5,8H2,1H3. The molecule has 4 nitrogen and oxygen atoms in total. The number of alkyl halides is 3. The topological polar surface area (TPSA) is 61.2 Å². The summed E-state index contributed by atoms with van der Waals surface area (Å²) in [6.07, 6.45) is -4.51. The van der Waals surface area contributed by atoms with Gasteiger partial charge >= 0.3 is 6.18 Å². The van der Waals surface area contributed by atoms with Crippen LogP contribution in [-0.2, 0) is 16.0 Å². The smallest absolute Gasteiger partial charge is 0.368 e. The minimum atomic E-state index is -4.51. The maximum atomic E-state index is 12.6. The Balaban J connectivity index is 2.36. The monoisotopic (exact) mass is 318 g/mol. The first-order valence-corrected chi connectivity index (χ1v) is 7.94. The maximum absolute atomic E-state index is 12.6. The maximum Gasteiger partial charge on any atom is 0.416 e. The van der Waals surface area contributed by atoms with Gasteiger partial charge in [0.1, 0.15) is 6.07 Å². The summed E-state index contributed by atoms with van der Waals surface area (Å²) in [5.41, 5.74) is -0.649. The average molecular weight is 318 g/mol. The van der Waals surface area contributed by atoms with Crippen molar-refractivity contribution in [3.8, 4) is 6.07 Å². The largest absolute Gasteiger partial charge is 0.416 e. The summed E-state index contributed by atoms with van der Waals surface area (Å²) >= 11 is 0. The third kappa shape index (κ3) is 3.13. The molecule has 1 aromatic rings. The Morgan fingerprint density at radius 2 is 2.05 bits per heavy atom. The number of rotatable bonds is 1. The van der Waals surface area contributed by atoms with E-state index in [4.69, 9.17) is 5.26 Å². The Morgan fingerprint density at radius 3 is 2.57 bits per heavy atom. The quantitative estimate of drug-likeness (QED) is 0.796. The molecule has 0 aromatic heterocycles. The van der Waals surface area contributed by atoms with E-state index in [1.54, 1.807) is 17.9 Å². The summed E-state index contributed by atoms with van der Waals surface area (Å²) in [7, 11) is -3.16. The van der Waals surface area contributed by atoms with Crippen LogP contribution < -0.4 is 4.90 Å². The second kappa shape index (κ2) is 5.22. The van der Waals surface area contributed by atoms with Crippen LogP contribution in [0.15, 0.2) is 18.2 Å². The molecule has 114 valence electrons. The molecule has 21 heavy (non-hydrogen) atoms. The molecule has 1 heterocycles. The van der Waals surface area contributed by atoms with Gasteiger partial charge in [-0.3, -0.25) is 0 Å². The van der Waals surface area contributed by atoms with Crippen LogP contribution in [0.25, 0.3) is 0 Å². The average Bonchev–Trinajstić information content (AvgIpc) is 2.40. The van der Waals surface area contributed by atoms with Crippen molar-refractivity contribution in [3.05, 3.63) is 29.3 Å². The zero-order valence-corrected chi connectivity index (χ0v) is 12.0. The van der Waals surface area contributed by atoms with Gasteiger partial charge in [0.25, 0.3) is 0 Å². The molecule has 0 saturated carbocycles. The third-order valence-electron chi connectivity index (χ3n) is 3.52. The van der Waals surface area contributed by atoms with Gasteiger partial charge in [-0.1, -0.05) is 0 Å². The molecule has 0 N–H and O–H groups in total. The Labute approximate surface area is 120 Å². The van der Waals surface area contributed by atoms with E-state index in [-0.39, 0.29) is 24.4 Å². The number of hydrogen-bond donors (Lipinski definition) is 0. The molecule has 2 rings (SSSR count). The fourth-order valence-corrected chi connectivity index (χ4v) is 3.53. The fraction of sp³-hybridized carbons (Fsp3) is 0.462. The fourth-order valence-electron chi connectivity index (χ4n) is 2.25. The Bertz CT molecular complexity index is 692. The van der Waals surface area contributed by atoms with E-state index in [9.17, 15) is 21.6 Å². The number of hydrogen-bond acceptors (Lipinski definition) is 4. The van der Waals surface area contributed by atoms with Crippen molar-refractivity contribution in [2.45, 2.75) is 18.3 Å². The highest BCUT2D eigenvalue weighted by atomic mass is 32.2. The molecule has 0 spiro atoms. The summed E-state index contributed by atoms with van der Waals surface area (Å²) < 4.78 is 61.2. The summed E-state index contributed by atoms with van der Waals surface area (Å²) in [4.78, 5) is 1.64. The van der Waals surface area contributed by atoms with E-state index >= 15 is 0 Å². The first-order valence-electron chi connectivity index (χ1n) is 6.23. The van der Waals surface area contributed by atoms with Gasteiger partial charge in [0.15, 0.2) is 9.84 Å². The van der Waals surface area contributed by atoms with E-state index in [0.29, 0.717) is 5.69 Å². The molecule has 1 unspecified atom stereocenters. The third-order valence-corrected chi connectivity index (χ3v) is 5.65. The molecule has 0 bridgehead atoms. The van der Waals surface area contributed by atoms with Gasteiger partial charge in [-0.15, -0.1) is 0 Å². The highest BCUT2D eigenvalue weighted by Gasteiger charge is 2.33. The van der Waals surface area contributed by atoms with Crippen molar-refractivity contribution < 1.29 is 21.6 Å². The van der Waals surface area contributed by atoms with Crippen molar-refractivity contribution in [3.63, 3.8) is 0 Å². The van der Waals surface area contributed by atoms with E-state index in [1.807, 2.05) is 0 Å². The Kier molecular flexibility index (Phi) is 3.89. The molecule has 1 fully saturated rings. The lowest BCUT2D eigenvalue weighted by atomic mass is 10.1. The van der Waals surface area contributed by atoms with Crippen LogP contribution in [0, 0.1) is 11.3 Å². The van der Waals surface area contributed by atoms with Crippen LogP contribution in [0.5, 0.6) is 0 Å². The van der Waals surface area contributed by atoms with Crippen LogP contribution in [0.1, 0.15) is 18.1 Å². The lowest BCUT2D eigenvalue weighted by Crippen LogP contribution is -2.45. The lowest BCUT2D eigenvalue weighted by molar-refractivity contribution is -0.137. The van der Waals surface area contributed by atoms with Crippen molar-refractivity contribution in [2.75, 3.05) is 23.7 Å². The first kappa shape index (κ1) is 15.6. The number of sulfone groups is 1. The van der Waals surface area contributed by atoms with Gasteiger partial charge in [-0.05, 0) is 25.1 Å². The second-order valence-corrected chi connectivity index (χ2v) is 7.50. The van der Waals surface area contributed by atoms with Crippen LogP contribution in [0.3, 0.4) is 0 Å². The highest BCUT2D eigenvalue weighted by molar-refractivity contribution is 7.92. The number of benzene rings is 1. The molecular formula is C13H13F3N2O2S. The van der Waals surface area contributed by atoms with Gasteiger partial charge in [0.2, 0.25) is 0 Å². The molecule has 8 heteroatoms. The first-order chi connectivity index (χ1) is 9.65. The molecular weight excluding hydrogens is 305 g/mol. The van der Waals surface area contributed by atoms with Crippen LogP contribution in [0.4, 0.5) is 18.9 Å². The molecule has 1 aliphatic rings. The summed E-state index contributed by atoms with van der Waals surface area (Å²) in [6.45, 7) is 1.90. The normalized spacial score (nSPS) is 21.9. The molecule has 0 amide bonds. The van der Waals surface area contributed by atoms with Gasteiger partial charge in [-0.2, -0.15) is 18.4 Å². The number of nitriles is 1. The van der Waals surface area contributed by atoms with E-state index in [0.717, 1.165) is 12.1 Å². The molecule has 1 saturated heterocycles. The van der Waals surface area contributed by atoms with Crippen molar-refractivity contribution >= 4 is 15.5 Å². The summed E-state index contributed by atoms with van der Waals surface area (Å²) in [5.74, 6) is -0.0694.